The SMILES string of the molecule is COc1cnn(C(C)C)c1C(C)(O)c1ccccc1Cl. The maximum Gasteiger partial charge on any atom is 0.163 e. The molecule has 0 aliphatic rings. The van der Waals surface area contributed by atoms with Gasteiger partial charge in [0.05, 0.1) is 13.3 Å². The molecule has 2 rings (SSSR count). The molecular weight excluding hydrogens is 276 g/mol. The number of hydrogen-bond donors (Lipinski definition) is 1. The van der Waals surface area contributed by atoms with Crippen molar-refractivity contribution in [2.24, 2.45) is 0 Å². The fourth-order valence-corrected chi connectivity index (χ4v) is 2.65. The van der Waals surface area contributed by atoms with E-state index in [-0.39, 0.29) is 6.04 Å². The van der Waals surface area contributed by atoms with E-state index in [0.29, 0.717) is 22.0 Å². The predicted octanol–water partition coefficient (Wildman–Crippen LogP) is 3.38. The third-order valence-electron chi connectivity index (χ3n) is 3.33. The van der Waals surface area contributed by atoms with Crippen LogP contribution in [0.25, 0.3) is 0 Å². The predicted molar refractivity (Wildman–Crippen MR) is 79.3 cm³/mol. The molecule has 5 heteroatoms. The minimum atomic E-state index is -1.29. The van der Waals surface area contributed by atoms with Gasteiger partial charge in [0, 0.05) is 16.6 Å². The molecule has 0 fully saturated rings. The molecule has 4 nitrogen and oxygen atoms in total. The molecule has 0 aliphatic carbocycles. The Balaban J connectivity index is 2.65. The Kier molecular flexibility index (Phi) is 4.06. The maximum atomic E-state index is 11.0. The average Bonchev–Trinajstić information content (AvgIpc) is 2.83. The van der Waals surface area contributed by atoms with Crippen LogP contribution in [-0.4, -0.2) is 22.0 Å². The number of aliphatic hydroxyl groups is 1. The van der Waals surface area contributed by atoms with Crippen LogP contribution in [0.15, 0.2) is 30.5 Å². The Hall–Kier alpha value is -1.52. The lowest BCUT2D eigenvalue weighted by Gasteiger charge is -2.28. The van der Waals surface area contributed by atoms with E-state index in [0.717, 1.165) is 0 Å². The summed E-state index contributed by atoms with van der Waals surface area (Å²) in [6.45, 7) is 5.70. The van der Waals surface area contributed by atoms with Gasteiger partial charge in [-0.3, -0.25) is 4.68 Å². The summed E-state index contributed by atoms with van der Waals surface area (Å²) in [6, 6.07) is 7.34. The molecule has 0 aliphatic heterocycles. The molecule has 0 amide bonds. The van der Waals surface area contributed by atoms with Gasteiger partial charge in [-0.25, -0.2) is 0 Å². The zero-order chi connectivity index (χ0) is 14.9. The zero-order valence-corrected chi connectivity index (χ0v) is 12.8. The summed E-state index contributed by atoms with van der Waals surface area (Å²) in [5.41, 5.74) is -0.0600. The Morgan fingerprint density at radius 3 is 2.55 bits per heavy atom. The van der Waals surface area contributed by atoms with Crippen LogP contribution in [0.1, 0.15) is 38.1 Å². The van der Waals surface area contributed by atoms with E-state index in [2.05, 4.69) is 5.10 Å². The molecule has 0 radical (unpaired) electrons. The van der Waals surface area contributed by atoms with Gasteiger partial charge >= 0.3 is 0 Å². The average molecular weight is 295 g/mol. The fraction of sp³-hybridized carbons (Fsp3) is 0.400. The molecule has 0 saturated heterocycles. The first-order valence-corrected chi connectivity index (χ1v) is 6.86. The molecule has 1 N–H and O–H groups in total. The number of methoxy groups -OCH3 is 1. The van der Waals surface area contributed by atoms with E-state index in [1.807, 2.05) is 26.0 Å². The highest BCUT2D eigenvalue weighted by Gasteiger charge is 2.35. The normalized spacial score (nSPS) is 14.3. The van der Waals surface area contributed by atoms with E-state index < -0.39 is 5.60 Å². The number of hydrogen-bond acceptors (Lipinski definition) is 3. The number of rotatable bonds is 4. The van der Waals surface area contributed by atoms with Crippen molar-refractivity contribution in [1.82, 2.24) is 9.78 Å². The molecule has 1 atom stereocenters. The molecule has 0 saturated carbocycles. The highest BCUT2D eigenvalue weighted by atomic mass is 35.5. The van der Waals surface area contributed by atoms with Crippen molar-refractivity contribution < 1.29 is 9.84 Å². The standard InChI is InChI=1S/C15H19ClN2O2/c1-10(2)18-14(13(20-4)9-17-18)15(3,19)11-7-5-6-8-12(11)16/h5-10,19H,1-4H3. The lowest BCUT2D eigenvalue weighted by molar-refractivity contribution is 0.0869. The zero-order valence-electron chi connectivity index (χ0n) is 12.1. The number of nitrogens with zero attached hydrogens (tertiary/aromatic N) is 2. The molecule has 20 heavy (non-hydrogen) atoms. The van der Waals surface area contributed by atoms with Gasteiger partial charge in [-0.05, 0) is 26.8 Å². The molecule has 0 bridgehead atoms. The molecular formula is C15H19ClN2O2. The van der Waals surface area contributed by atoms with Crippen LogP contribution in [0.5, 0.6) is 5.75 Å². The Morgan fingerprint density at radius 2 is 2.00 bits per heavy atom. The summed E-state index contributed by atoms with van der Waals surface area (Å²) in [7, 11) is 1.56. The summed E-state index contributed by atoms with van der Waals surface area (Å²) in [5.74, 6) is 0.545. The maximum absolute atomic E-state index is 11.0. The molecule has 1 heterocycles. The van der Waals surface area contributed by atoms with Gasteiger partial charge < -0.3 is 9.84 Å². The topological polar surface area (TPSA) is 47.3 Å². The van der Waals surface area contributed by atoms with E-state index in [9.17, 15) is 5.11 Å². The highest BCUT2D eigenvalue weighted by Crippen LogP contribution is 2.39. The minimum Gasteiger partial charge on any atom is -0.493 e. The summed E-state index contributed by atoms with van der Waals surface area (Å²) >= 11 is 6.22. The van der Waals surface area contributed by atoms with Gasteiger partial charge in [0.15, 0.2) is 5.75 Å². The number of aromatic nitrogens is 2. The summed E-state index contributed by atoms with van der Waals surface area (Å²) < 4.78 is 7.09. The quantitative estimate of drug-likeness (QED) is 0.940. The fourth-order valence-electron chi connectivity index (χ4n) is 2.33. The Labute approximate surface area is 123 Å². The van der Waals surface area contributed by atoms with Gasteiger partial charge in [0.25, 0.3) is 0 Å². The largest absolute Gasteiger partial charge is 0.493 e. The molecule has 1 aromatic carbocycles. The molecule has 1 unspecified atom stereocenters. The van der Waals surface area contributed by atoms with Crippen LogP contribution in [-0.2, 0) is 5.60 Å². The van der Waals surface area contributed by atoms with Crippen LogP contribution >= 0.6 is 11.6 Å². The Morgan fingerprint density at radius 1 is 1.35 bits per heavy atom. The first kappa shape index (κ1) is 14.9. The smallest absolute Gasteiger partial charge is 0.163 e. The number of benzene rings is 1. The second kappa shape index (κ2) is 5.46. The van der Waals surface area contributed by atoms with Gasteiger partial charge in [-0.1, -0.05) is 29.8 Å². The molecule has 0 spiro atoms. The van der Waals surface area contributed by atoms with Crippen molar-refractivity contribution in [2.75, 3.05) is 7.11 Å². The van der Waals surface area contributed by atoms with Crippen molar-refractivity contribution in [3.8, 4) is 5.75 Å². The van der Waals surface area contributed by atoms with Crippen molar-refractivity contribution >= 4 is 11.6 Å². The highest BCUT2D eigenvalue weighted by molar-refractivity contribution is 6.31. The van der Waals surface area contributed by atoms with E-state index in [4.69, 9.17) is 16.3 Å². The van der Waals surface area contributed by atoms with Gasteiger partial charge in [0.2, 0.25) is 0 Å². The van der Waals surface area contributed by atoms with Crippen LogP contribution in [0.2, 0.25) is 5.02 Å². The number of halogens is 1. The van der Waals surface area contributed by atoms with E-state index in [1.54, 1.807) is 37.0 Å². The van der Waals surface area contributed by atoms with Gasteiger partial charge in [-0.15, -0.1) is 0 Å². The second-order valence-corrected chi connectivity index (χ2v) is 5.56. The van der Waals surface area contributed by atoms with Gasteiger partial charge in [-0.2, -0.15) is 5.10 Å². The lowest BCUT2D eigenvalue weighted by Crippen LogP contribution is -2.28. The van der Waals surface area contributed by atoms with E-state index >= 15 is 0 Å². The van der Waals surface area contributed by atoms with Crippen LogP contribution in [0.4, 0.5) is 0 Å². The van der Waals surface area contributed by atoms with Crippen LogP contribution in [0.3, 0.4) is 0 Å². The van der Waals surface area contributed by atoms with Gasteiger partial charge in [0.1, 0.15) is 11.3 Å². The molecule has 2 aromatic rings. The van der Waals surface area contributed by atoms with Crippen molar-refractivity contribution in [3.05, 3.63) is 46.7 Å². The number of ether oxygens (including phenoxy) is 1. The van der Waals surface area contributed by atoms with Crippen molar-refractivity contribution in [1.29, 1.82) is 0 Å². The monoisotopic (exact) mass is 294 g/mol. The Bertz CT molecular complexity index is 606. The van der Waals surface area contributed by atoms with E-state index in [1.165, 1.54) is 0 Å². The summed E-state index contributed by atoms with van der Waals surface area (Å²) in [6.07, 6.45) is 1.61. The summed E-state index contributed by atoms with van der Waals surface area (Å²) in [5, 5.41) is 15.9. The first-order valence-electron chi connectivity index (χ1n) is 6.49. The molecule has 1 aromatic heterocycles. The lowest BCUT2D eigenvalue weighted by atomic mass is 9.91. The third-order valence-corrected chi connectivity index (χ3v) is 3.66. The molecule has 108 valence electrons. The van der Waals surface area contributed by atoms with Crippen molar-refractivity contribution in [2.45, 2.75) is 32.4 Å². The third kappa shape index (κ3) is 2.41. The van der Waals surface area contributed by atoms with Crippen LogP contribution < -0.4 is 4.74 Å². The summed E-state index contributed by atoms with van der Waals surface area (Å²) in [4.78, 5) is 0. The minimum absolute atomic E-state index is 0.0999. The first-order chi connectivity index (χ1) is 9.39. The second-order valence-electron chi connectivity index (χ2n) is 5.15. The van der Waals surface area contributed by atoms with Crippen molar-refractivity contribution in [3.63, 3.8) is 0 Å². The van der Waals surface area contributed by atoms with Crippen LogP contribution in [0, 0.1) is 0 Å².